The Balaban J connectivity index is 2.84. The number of carboxylic acid groups (broad SMARTS) is 1. The number of hydrogen-bond donors (Lipinski definition) is 3. The fourth-order valence-corrected chi connectivity index (χ4v) is 1.10. The normalized spacial score (nSPS) is 28.1. The van der Waals surface area contributed by atoms with Crippen LogP contribution in [-0.4, -0.2) is 17.4 Å². The fourth-order valence-electron chi connectivity index (χ4n) is 1.10. The average molecular weight is 257 g/mol. The molecule has 0 aromatic rings. The minimum Gasteiger partial charge on any atom is -0.465 e. The molecular formula is C14H15N3O2. The summed E-state index contributed by atoms with van der Waals surface area (Å²) in [5.74, 6) is 0. The summed E-state index contributed by atoms with van der Waals surface area (Å²) in [7, 11) is 0. The van der Waals surface area contributed by atoms with Crippen LogP contribution in [0.15, 0.2) is 77.9 Å². The number of nitrogens with zero attached hydrogens (tertiary/aromatic N) is 1. The molecule has 0 aromatic heterocycles. The second-order valence-electron chi connectivity index (χ2n) is 3.33. The molecule has 1 amide bonds. The first kappa shape index (κ1) is 14.2. The number of aliphatic imine (C=N–C) groups is 1. The SMILES string of the molecule is O=C(O)NC1=C\C=C\C=C/C=C/C=C/N/C=C/N=C\1. The first-order valence-electron chi connectivity index (χ1n) is 5.60. The van der Waals surface area contributed by atoms with Crippen molar-refractivity contribution in [2.45, 2.75) is 0 Å². The van der Waals surface area contributed by atoms with Crippen molar-refractivity contribution in [1.29, 1.82) is 0 Å². The summed E-state index contributed by atoms with van der Waals surface area (Å²) >= 11 is 0. The summed E-state index contributed by atoms with van der Waals surface area (Å²) < 4.78 is 0. The molecule has 1 aliphatic rings. The van der Waals surface area contributed by atoms with E-state index in [4.69, 9.17) is 5.11 Å². The lowest BCUT2D eigenvalue weighted by molar-refractivity contribution is 0.198. The Morgan fingerprint density at radius 3 is 2.47 bits per heavy atom. The van der Waals surface area contributed by atoms with E-state index in [-0.39, 0.29) is 0 Å². The van der Waals surface area contributed by atoms with Crippen molar-refractivity contribution in [2.24, 2.45) is 4.99 Å². The van der Waals surface area contributed by atoms with Gasteiger partial charge in [0.25, 0.3) is 0 Å². The number of carbonyl (C=O) groups is 1. The first-order chi connectivity index (χ1) is 9.29. The number of nitrogens with one attached hydrogen (secondary N) is 2. The summed E-state index contributed by atoms with van der Waals surface area (Å²) in [4.78, 5) is 14.5. The largest absolute Gasteiger partial charge is 0.465 e. The molecular weight excluding hydrogens is 242 g/mol. The van der Waals surface area contributed by atoms with Crippen molar-refractivity contribution < 1.29 is 9.90 Å². The van der Waals surface area contributed by atoms with E-state index in [9.17, 15) is 4.79 Å². The molecule has 0 radical (unpaired) electrons. The molecule has 98 valence electrons. The highest BCUT2D eigenvalue weighted by molar-refractivity contribution is 5.84. The fraction of sp³-hybridized carbons (Fsp3) is 0. The van der Waals surface area contributed by atoms with E-state index >= 15 is 0 Å². The highest BCUT2D eigenvalue weighted by Gasteiger charge is 1.96. The monoisotopic (exact) mass is 257 g/mol. The van der Waals surface area contributed by atoms with E-state index in [2.05, 4.69) is 15.6 Å². The van der Waals surface area contributed by atoms with Gasteiger partial charge in [-0.3, -0.25) is 10.3 Å². The van der Waals surface area contributed by atoms with Crippen LogP contribution in [0.5, 0.6) is 0 Å². The van der Waals surface area contributed by atoms with Crippen LogP contribution in [0.2, 0.25) is 0 Å². The van der Waals surface area contributed by atoms with Gasteiger partial charge in [0.15, 0.2) is 0 Å². The standard InChI is InChI=1S/C14H15N3O2/c18-14(19)17-13-8-6-4-2-1-3-5-7-9-15-10-11-16-12-13/h1-12,15,17H,(H,18,19)/b2-1-,5-3+,6-4+,9-7+,11-10+,13-8-,16-12-. The van der Waals surface area contributed by atoms with E-state index in [1.807, 2.05) is 30.4 Å². The minimum atomic E-state index is -1.13. The van der Waals surface area contributed by atoms with Crippen LogP contribution in [0.3, 0.4) is 0 Å². The van der Waals surface area contributed by atoms with E-state index in [1.165, 1.54) is 12.4 Å². The summed E-state index contributed by atoms with van der Waals surface area (Å²) in [6, 6.07) is 0. The number of rotatable bonds is 1. The van der Waals surface area contributed by atoms with Gasteiger partial charge in [0.1, 0.15) is 0 Å². The van der Waals surface area contributed by atoms with Crippen LogP contribution >= 0.6 is 0 Å². The molecule has 0 spiro atoms. The smallest absolute Gasteiger partial charge is 0.409 e. The quantitative estimate of drug-likeness (QED) is 0.675. The van der Waals surface area contributed by atoms with Gasteiger partial charge in [0, 0.05) is 18.6 Å². The van der Waals surface area contributed by atoms with Gasteiger partial charge in [-0.2, -0.15) is 0 Å². The van der Waals surface area contributed by atoms with Crippen LogP contribution in [0, 0.1) is 0 Å². The lowest BCUT2D eigenvalue weighted by Crippen LogP contribution is -2.20. The van der Waals surface area contributed by atoms with Crippen molar-refractivity contribution in [1.82, 2.24) is 10.6 Å². The third-order valence-corrected chi connectivity index (χ3v) is 1.86. The van der Waals surface area contributed by atoms with Gasteiger partial charge in [-0.25, -0.2) is 4.79 Å². The maximum atomic E-state index is 10.6. The van der Waals surface area contributed by atoms with Crippen molar-refractivity contribution in [3.8, 4) is 0 Å². The molecule has 0 unspecified atom stereocenters. The maximum absolute atomic E-state index is 10.6. The van der Waals surface area contributed by atoms with Crippen LogP contribution < -0.4 is 10.6 Å². The summed E-state index contributed by atoms with van der Waals surface area (Å²) in [6.45, 7) is 0. The van der Waals surface area contributed by atoms with Gasteiger partial charge in [-0.05, 0) is 12.2 Å². The van der Waals surface area contributed by atoms with E-state index in [0.29, 0.717) is 5.70 Å². The van der Waals surface area contributed by atoms with E-state index in [1.54, 1.807) is 30.6 Å². The molecule has 0 saturated carbocycles. The Kier molecular flexibility index (Phi) is 6.92. The Morgan fingerprint density at radius 2 is 1.74 bits per heavy atom. The third kappa shape index (κ3) is 7.98. The second kappa shape index (κ2) is 9.23. The zero-order valence-corrected chi connectivity index (χ0v) is 10.2. The van der Waals surface area contributed by atoms with Crippen LogP contribution in [0.1, 0.15) is 0 Å². The van der Waals surface area contributed by atoms with Gasteiger partial charge in [0.05, 0.1) is 11.9 Å². The lowest BCUT2D eigenvalue weighted by atomic mass is 10.3. The number of allylic oxidation sites excluding steroid dienone is 9. The predicted octanol–water partition coefficient (Wildman–Crippen LogP) is 2.47. The molecule has 1 rings (SSSR count). The maximum Gasteiger partial charge on any atom is 0.409 e. The molecule has 5 nitrogen and oxygen atoms in total. The second-order valence-corrected chi connectivity index (χ2v) is 3.33. The zero-order chi connectivity index (χ0) is 13.8. The van der Waals surface area contributed by atoms with E-state index < -0.39 is 6.09 Å². The molecule has 0 fully saturated rings. The summed E-state index contributed by atoms with van der Waals surface area (Å²) in [5.41, 5.74) is 0.378. The Hall–Kier alpha value is -2.82. The molecule has 19 heavy (non-hydrogen) atoms. The van der Waals surface area contributed by atoms with Crippen molar-refractivity contribution >= 4 is 12.3 Å². The first-order valence-corrected chi connectivity index (χ1v) is 5.60. The molecule has 5 heteroatoms. The Labute approximate surface area is 111 Å². The molecule has 1 aliphatic heterocycles. The molecule has 0 bridgehead atoms. The van der Waals surface area contributed by atoms with Crippen LogP contribution in [0.25, 0.3) is 0 Å². The van der Waals surface area contributed by atoms with Crippen molar-refractivity contribution in [3.05, 3.63) is 72.9 Å². The predicted molar refractivity (Wildman–Crippen MR) is 76.6 cm³/mol. The highest BCUT2D eigenvalue weighted by Crippen LogP contribution is 1.90. The molecule has 0 atom stereocenters. The third-order valence-electron chi connectivity index (χ3n) is 1.86. The topological polar surface area (TPSA) is 73.7 Å². The highest BCUT2D eigenvalue weighted by atomic mass is 16.4. The molecule has 0 saturated heterocycles. The molecule has 3 N–H and O–H groups in total. The molecule has 1 heterocycles. The Bertz CT molecular complexity index is 495. The van der Waals surface area contributed by atoms with Gasteiger partial charge < -0.3 is 10.4 Å². The molecule has 0 aliphatic carbocycles. The average Bonchev–Trinajstić information content (AvgIpc) is 2.38. The van der Waals surface area contributed by atoms with Gasteiger partial charge >= 0.3 is 6.09 Å². The molecule has 0 aromatic carbocycles. The van der Waals surface area contributed by atoms with Gasteiger partial charge in [-0.15, -0.1) is 0 Å². The van der Waals surface area contributed by atoms with Crippen molar-refractivity contribution in [2.75, 3.05) is 0 Å². The van der Waals surface area contributed by atoms with Crippen molar-refractivity contribution in [3.63, 3.8) is 0 Å². The zero-order valence-electron chi connectivity index (χ0n) is 10.2. The van der Waals surface area contributed by atoms with Gasteiger partial charge in [-0.1, -0.05) is 36.5 Å². The van der Waals surface area contributed by atoms with Crippen LogP contribution in [-0.2, 0) is 0 Å². The van der Waals surface area contributed by atoms with E-state index in [0.717, 1.165) is 0 Å². The number of amides is 1. The lowest BCUT2D eigenvalue weighted by Gasteiger charge is -1.98. The summed E-state index contributed by atoms with van der Waals surface area (Å²) in [5, 5.41) is 13.8. The van der Waals surface area contributed by atoms with Crippen LogP contribution in [0.4, 0.5) is 4.79 Å². The Morgan fingerprint density at radius 1 is 1.05 bits per heavy atom. The minimum absolute atomic E-state index is 0.378. The number of hydrogen-bond acceptors (Lipinski definition) is 3. The summed E-state index contributed by atoms with van der Waals surface area (Å²) in [6.07, 6.45) is 19.6. The van der Waals surface area contributed by atoms with Gasteiger partial charge in [0.2, 0.25) is 0 Å².